The summed E-state index contributed by atoms with van der Waals surface area (Å²) in [6.45, 7) is 18.4. The number of benzene rings is 3. The smallest absolute Gasteiger partial charge is 0.00765 e. The van der Waals surface area contributed by atoms with E-state index < -0.39 is 0 Å². The number of unbranched alkanes of at least 4 members (excludes halogenated alkanes) is 2. The topological polar surface area (TPSA) is 0 Å². The Balaban J connectivity index is 0.000000278. The predicted octanol–water partition coefficient (Wildman–Crippen LogP) is 11.9. The minimum Gasteiger partial charge on any atom is -0.0800 e. The largest absolute Gasteiger partial charge is 0.0800 e. The van der Waals surface area contributed by atoms with Crippen molar-refractivity contribution < 1.29 is 0 Å². The quantitative estimate of drug-likeness (QED) is 0.301. The van der Waals surface area contributed by atoms with Crippen LogP contribution >= 0.6 is 0 Å². The minimum atomic E-state index is 0.312. The van der Waals surface area contributed by atoms with Gasteiger partial charge in [0, 0.05) is 0 Å². The summed E-state index contributed by atoms with van der Waals surface area (Å²) in [6.07, 6.45) is 14.6. The van der Waals surface area contributed by atoms with Gasteiger partial charge >= 0.3 is 0 Å². The van der Waals surface area contributed by atoms with E-state index in [9.17, 15) is 0 Å². The third kappa shape index (κ3) is 14.2. The Morgan fingerprint density at radius 1 is 0.615 bits per heavy atom. The highest BCUT2D eigenvalue weighted by Gasteiger charge is 2.38. The van der Waals surface area contributed by atoms with Crippen molar-refractivity contribution in [3.8, 4) is 0 Å². The minimum absolute atomic E-state index is 0.312. The molecule has 39 heavy (non-hydrogen) atoms. The van der Waals surface area contributed by atoms with Gasteiger partial charge in [-0.05, 0) is 60.5 Å². The fourth-order valence-corrected chi connectivity index (χ4v) is 4.93. The summed E-state index contributed by atoms with van der Waals surface area (Å²) in [5.74, 6) is 0.644. The molecule has 0 bridgehead atoms. The van der Waals surface area contributed by atoms with Crippen LogP contribution in [0.2, 0.25) is 0 Å². The number of rotatable bonds is 6. The fourth-order valence-electron chi connectivity index (χ4n) is 4.93. The molecule has 1 aliphatic carbocycles. The van der Waals surface area contributed by atoms with Crippen molar-refractivity contribution in [3.63, 3.8) is 0 Å². The lowest BCUT2D eigenvalue weighted by molar-refractivity contribution is 0.161. The third-order valence-electron chi connectivity index (χ3n) is 7.43. The summed E-state index contributed by atoms with van der Waals surface area (Å²) in [4.78, 5) is 0. The van der Waals surface area contributed by atoms with E-state index in [1.807, 2.05) is 72.8 Å². The SMILES string of the molecule is CC1=CC=CC(C(C)(C)C)C1(C)C.CCCCc1ccccc1CCCC.c1ccccc1.c1ccccc1. The lowest BCUT2D eigenvalue weighted by Crippen LogP contribution is -2.35. The van der Waals surface area contributed by atoms with Gasteiger partial charge < -0.3 is 0 Å². The molecule has 1 aliphatic rings. The highest BCUT2D eigenvalue weighted by molar-refractivity contribution is 5.28. The highest BCUT2D eigenvalue weighted by atomic mass is 14.4. The zero-order valence-electron chi connectivity index (χ0n) is 26.3. The normalized spacial score (nSPS) is 15.3. The molecule has 1 unspecified atom stereocenters. The van der Waals surface area contributed by atoms with Crippen LogP contribution in [0, 0.1) is 16.7 Å². The second-order valence-electron chi connectivity index (χ2n) is 12.1. The first-order chi connectivity index (χ1) is 18.6. The van der Waals surface area contributed by atoms with Gasteiger partial charge in [0.1, 0.15) is 0 Å². The summed E-state index contributed by atoms with van der Waals surface area (Å²) in [6, 6.07) is 32.9. The van der Waals surface area contributed by atoms with Crippen LogP contribution in [-0.4, -0.2) is 0 Å². The molecule has 0 fully saturated rings. The molecule has 0 heteroatoms. The maximum Gasteiger partial charge on any atom is -0.00765 e. The van der Waals surface area contributed by atoms with Crippen molar-refractivity contribution in [2.45, 2.75) is 93.9 Å². The monoisotopic (exact) mass is 524 g/mol. The molecule has 0 heterocycles. The van der Waals surface area contributed by atoms with E-state index in [0.29, 0.717) is 16.7 Å². The predicted molar refractivity (Wildman–Crippen MR) is 176 cm³/mol. The maximum atomic E-state index is 2.35. The van der Waals surface area contributed by atoms with Gasteiger partial charge in [0.15, 0.2) is 0 Å². The zero-order chi connectivity index (χ0) is 29.0. The molecular formula is C39H56. The van der Waals surface area contributed by atoms with Crippen LogP contribution in [0.5, 0.6) is 0 Å². The van der Waals surface area contributed by atoms with Crippen LogP contribution in [0.1, 0.15) is 92.2 Å². The van der Waals surface area contributed by atoms with Gasteiger partial charge in [-0.1, -0.05) is 182 Å². The lowest BCUT2D eigenvalue weighted by Gasteiger charge is -2.43. The van der Waals surface area contributed by atoms with E-state index in [4.69, 9.17) is 0 Å². The molecule has 0 saturated carbocycles. The molecule has 3 aromatic carbocycles. The molecule has 0 radical (unpaired) electrons. The number of allylic oxidation sites excluding steroid dienone is 4. The average molecular weight is 525 g/mol. The molecule has 0 aliphatic heterocycles. The standard InChI is InChI=1S/C14H22.C13H22.2C6H6/c1-3-5-9-13-11-7-8-12-14(13)10-6-4-2;1-10-8-7-9-11(12(2,3)4)13(10,5)6;2*1-2-4-6-5-3-1/h7-8,11-12H,3-6,9-10H2,1-2H3;7-9,11H,1-6H3;2*1-6H. The molecule has 1 atom stereocenters. The number of hydrogen-bond donors (Lipinski definition) is 0. The Morgan fingerprint density at radius 2 is 0.974 bits per heavy atom. The van der Waals surface area contributed by atoms with Crippen molar-refractivity contribution in [1.82, 2.24) is 0 Å². The summed E-state index contributed by atoms with van der Waals surface area (Å²) in [5, 5.41) is 0. The molecule has 0 spiro atoms. The Hall–Kier alpha value is -2.86. The first-order valence-corrected chi connectivity index (χ1v) is 15.1. The molecule has 3 aromatic rings. The third-order valence-corrected chi connectivity index (χ3v) is 7.43. The van der Waals surface area contributed by atoms with E-state index in [2.05, 4.69) is 97.9 Å². The first kappa shape index (κ1) is 34.2. The fraction of sp³-hybridized carbons (Fsp3) is 0.436. The van der Waals surface area contributed by atoms with Crippen molar-refractivity contribution in [1.29, 1.82) is 0 Å². The van der Waals surface area contributed by atoms with Gasteiger partial charge in [0.05, 0.1) is 0 Å². The van der Waals surface area contributed by atoms with Gasteiger partial charge in [-0.25, -0.2) is 0 Å². The van der Waals surface area contributed by atoms with Gasteiger partial charge in [-0.2, -0.15) is 0 Å². The second-order valence-corrected chi connectivity index (χ2v) is 12.1. The summed E-state index contributed by atoms with van der Waals surface area (Å²) in [5.41, 5.74) is 5.31. The molecule has 0 amide bonds. The van der Waals surface area contributed by atoms with E-state index in [-0.39, 0.29) is 0 Å². The Bertz CT molecular complexity index is 920. The highest BCUT2D eigenvalue weighted by Crippen LogP contribution is 2.47. The van der Waals surface area contributed by atoms with Gasteiger partial charge in [-0.3, -0.25) is 0 Å². The average Bonchev–Trinajstić information content (AvgIpc) is 2.95. The zero-order valence-corrected chi connectivity index (χ0v) is 26.3. The van der Waals surface area contributed by atoms with Crippen molar-refractivity contribution in [2.24, 2.45) is 16.7 Å². The van der Waals surface area contributed by atoms with Crippen LogP contribution in [0.4, 0.5) is 0 Å². The van der Waals surface area contributed by atoms with E-state index in [0.717, 1.165) is 0 Å². The second kappa shape index (κ2) is 19.2. The molecule has 4 rings (SSSR count). The van der Waals surface area contributed by atoms with E-state index >= 15 is 0 Å². The van der Waals surface area contributed by atoms with Gasteiger partial charge in [0.25, 0.3) is 0 Å². The van der Waals surface area contributed by atoms with Crippen LogP contribution in [0.15, 0.2) is 121 Å². The maximum absolute atomic E-state index is 2.35. The van der Waals surface area contributed by atoms with Crippen LogP contribution in [0.3, 0.4) is 0 Å². The number of aryl methyl sites for hydroxylation is 2. The van der Waals surface area contributed by atoms with Gasteiger partial charge in [0.2, 0.25) is 0 Å². The summed E-state index contributed by atoms with van der Waals surface area (Å²) >= 11 is 0. The molecule has 0 N–H and O–H groups in total. The van der Waals surface area contributed by atoms with Crippen LogP contribution in [0.25, 0.3) is 0 Å². The van der Waals surface area contributed by atoms with E-state index in [1.165, 1.54) is 44.1 Å². The van der Waals surface area contributed by atoms with E-state index in [1.54, 1.807) is 11.1 Å². The van der Waals surface area contributed by atoms with Gasteiger partial charge in [-0.15, -0.1) is 0 Å². The molecule has 0 saturated heterocycles. The summed E-state index contributed by atoms with van der Waals surface area (Å²) in [7, 11) is 0. The van der Waals surface area contributed by atoms with Crippen molar-refractivity contribution >= 4 is 0 Å². The molecular weight excluding hydrogens is 468 g/mol. The van der Waals surface area contributed by atoms with Crippen molar-refractivity contribution in [2.75, 3.05) is 0 Å². The van der Waals surface area contributed by atoms with Crippen LogP contribution in [-0.2, 0) is 12.8 Å². The Kier molecular flexibility index (Phi) is 16.9. The Morgan fingerprint density at radius 3 is 1.26 bits per heavy atom. The van der Waals surface area contributed by atoms with Crippen LogP contribution < -0.4 is 0 Å². The number of hydrogen-bond acceptors (Lipinski definition) is 0. The molecule has 212 valence electrons. The lowest BCUT2D eigenvalue weighted by atomic mass is 9.61. The Labute approximate surface area is 242 Å². The summed E-state index contributed by atoms with van der Waals surface area (Å²) < 4.78 is 0. The first-order valence-electron chi connectivity index (χ1n) is 15.1. The van der Waals surface area contributed by atoms with Crippen molar-refractivity contribution in [3.05, 3.63) is 132 Å². The molecule has 0 aromatic heterocycles. The molecule has 0 nitrogen and oxygen atoms in total.